The van der Waals surface area contributed by atoms with E-state index >= 15 is 0 Å². The van der Waals surface area contributed by atoms with E-state index in [0.29, 0.717) is 5.92 Å². The van der Waals surface area contributed by atoms with Crippen LogP contribution in [-0.4, -0.2) is 24.2 Å². The van der Waals surface area contributed by atoms with E-state index in [2.05, 4.69) is 148 Å². The molecular weight excluding hydrogens is 505 g/mol. The number of allylic oxidation sites excluding steroid dienone is 4. The second kappa shape index (κ2) is 10.1. The second-order valence-corrected chi connectivity index (χ2v) is 27.8. The Kier molecular flexibility index (Phi) is 7.63. The lowest BCUT2D eigenvalue weighted by molar-refractivity contribution is 0.851. The molecule has 1 atom stereocenters. The second-order valence-electron chi connectivity index (χ2n) is 13.9. The molecule has 0 saturated heterocycles. The highest BCUT2D eigenvalue weighted by atomic mass is 28.3. The van der Waals surface area contributed by atoms with Crippen LogP contribution in [0.15, 0.2) is 88.6 Å². The van der Waals surface area contributed by atoms with Crippen molar-refractivity contribution in [3.63, 3.8) is 0 Å². The van der Waals surface area contributed by atoms with Crippen LogP contribution in [0, 0.1) is 19.8 Å². The molecular formula is C35H48Si3. The van der Waals surface area contributed by atoms with Gasteiger partial charge in [-0.25, -0.2) is 0 Å². The summed E-state index contributed by atoms with van der Waals surface area (Å²) < 4.78 is 0. The van der Waals surface area contributed by atoms with Crippen molar-refractivity contribution in [2.75, 3.05) is 0 Å². The standard InChI is InChI=1S/C35H48Si3/c1-24-18-31(36(7,8)9)22-33(20-24)38(30-16-14-13-15-17-30,35-28(5)26(3)27(4)29(35)6)34-21-25(2)19-32(23-34)37(10,11)12/h13-23,28H,1-12H3. The molecule has 3 heteroatoms. The summed E-state index contributed by atoms with van der Waals surface area (Å²) in [5.74, 6) is 0.438. The first-order chi connectivity index (χ1) is 17.6. The fourth-order valence-corrected chi connectivity index (χ4v) is 15.2. The fraction of sp³-hybridized carbons (Fsp3) is 0.371. The maximum atomic E-state index is 2.64. The van der Waals surface area contributed by atoms with Crippen molar-refractivity contribution in [1.29, 1.82) is 0 Å². The number of rotatable bonds is 6. The van der Waals surface area contributed by atoms with Crippen LogP contribution in [-0.2, 0) is 0 Å². The van der Waals surface area contributed by atoms with Gasteiger partial charge in [-0.1, -0.05) is 151 Å². The molecule has 1 aliphatic rings. The number of aryl methyl sites for hydroxylation is 2. The van der Waals surface area contributed by atoms with Crippen molar-refractivity contribution in [2.24, 2.45) is 5.92 Å². The minimum Gasteiger partial charge on any atom is -0.0656 e. The lowest BCUT2D eigenvalue weighted by Gasteiger charge is -2.40. The van der Waals surface area contributed by atoms with Crippen molar-refractivity contribution >= 4 is 50.2 Å². The van der Waals surface area contributed by atoms with Gasteiger partial charge < -0.3 is 0 Å². The van der Waals surface area contributed by atoms with Crippen LogP contribution >= 0.6 is 0 Å². The summed E-state index contributed by atoms with van der Waals surface area (Å²) in [5.41, 5.74) is 7.36. The summed E-state index contributed by atoms with van der Waals surface area (Å²) in [6.07, 6.45) is 0. The molecule has 4 rings (SSSR count). The Labute approximate surface area is 236 Å². The minimum absolute atomic E-state index is 0.438. The third kappa shape index (κ3) is 4.94. The van der Waals surface area contributed by atoms with Gasteiger partial charge in [0.05, 0.1) is 16.1 Å². The summed E-state index contributed by atoms with van der Waals surface area (Å²) in [6.45, 7) is 29.2. The first-order valence-electron chi connectivity index (χ1n) is 14.3. The third-order valence-electron chi connectivity index (χ3n) is 9.00. The van der Waals surface area contributed by atoms with Crippen molar-refractivity contribution < 1.29 is 0 Å². The van der Waals surface area contributed by atoms with E-state index in [-0.39, 0.29) is 0 Å². The molecule has 38 heavy (non-hydrogen) atoms. The smallest absolute Gasteiger partial charge is 0.0656 e. The van der Waals surface area contributed by atoms with E-state index in [1.54, 1.807) is 31.5 Å². The largest absolute Gasteiger partial charge is 0.176 e. The van der Waals surface area contributed by atoms with Crippen molar-refractivity contribution in [1.82, 2.24) is 0 Å². The van der Waals surface area contributed by atoms with Gasteiger partial charge in [0, 0.05) is 0 Å². The number of benzene rings is 3. The Morgan fingerprint density at radius 2 is 0.921 bits per heavy atom. The Morgan fingerprint density at radius 3 is 1.29 bits per heavy atom. The molecule has 0 aliphatic heterocycles. The summed E-state index contributed by atoms with van der Waals surface area (Å²) in [5, 5.41) is 9.49. The van der Waals surface area contributed by atoms with Gasteiger partial charge in [-0.05, 0) is 61.7 Å². The van der Waals surface area contributed by atoms with Gasteiger partial charge >= 0.3 is 0 Å². The van der Waals surface area contributed by atoms with Crippen LogP contribution in [0.1, 0.15) is 38.8 Å². The lowest BCUT2D eigenvalue weighted by atomic mass is 10.1. The molecule has 0 saturated carbocycles. The van der Waals surface area contributed by atoms with E-state index in [1.165, 1.54) is 27.5 Å². The Balaban J connectivity index is 2.27. The molecule has 0 heterocycles. The molecule has 3 aromatic rings. The highest BCUT2D eigenvalue weighted by molar-refractivity contribution is 7.16. The van der Waals surface area contributed by atoms with E-state index < -0.39 is 24.2 Å². The number of hydrogen-bond acceptors (Lipinski definition) is 0. The van der Waals surface area contributed by atoms with E-state index in [9.17, 15) is 0 Å². The van der Waals surface area contributed by atoms with Crippen LogP contribution in [0.2, 0.25) is 39.3 Å². The quantitative estimate of drug-likeness (QED) is 0.236. The lowest BCUT2D eigenvalue weighted by Crippen LogP contribution is -2.71. The zero-order valence-corrected chi connectivity index (χ0v) is 28.9. The molecule has 1 aliphatic carbocycles. The van der Waals surface area contributed by atoms with Crippen molar-refractivity contribution in [3.05, 3.63) is 99.8 Å². The van der Waals surface area contributed by atoms with Crippen molar-refractivity contribution in [3.8, 4) is 0 Å². The van der Waals surface area contributed by atoms with E-state index in [0.717, 1.165) is 0 Å². The van der Waals surface area contributed by atoms with Crippen LogP contribution in [0.4, 0.5) is 0 Å². The highest BCUT2D eigenvalue weighted by Gasteiger charge is 2.48. The molecule has 0 spiro atoms. The van der Waals surface area contributed by atoms with E-state index in [1.807, 2.05) is 0 Å². The molecule has 0 fully saturated rings. The van der Waals surface area contributed by atoms with Crippen LogP contribution < -0.4 is 25.9 Å². The first-order valence-corrected chi connectivity index (χ1v) is 23.3. The molecule has 0 amide bonds. The molecule has 0 N–H and O–H groups in total. The molecule has 200 valence electrons. The molecule has 0 bridgehead atoms. The van der Waals surface area contributed by atoms with Gasteiger partial charge in [-0.15, -0.1) is 0 Å². The maximum Gasteiger partial charge on any atom is 0.176 e. The molecule has 0 nitrogen and oxygen atoms in total. The Morgan fingerprint density at radius 1 is 0.500 bits per heavy atom. The monoisotopic (exact) mass is 552 g/mol. The zero-order valence-electron chi connectivity index (χ0n) is 25.9. The molecule has 0 aromatic heterocycles. The molecule has 1 unspecified atom stereocenters. The zero-order chi connectivity index (χ0) is 28.2. The summed E-state index contributed by atoms with van der Waals surface area (Å²) in [6, 6.07) is 26.9. The van der Waals surface area contributed by atoms with Gasteiger partial charge in [0.25, 0.3) is 0 Å². The number of hydrogen-bond donors (Lipinski definition) is 0. The minimum atomic E-state index is -2.60. The Hall–Kier alpha value is -2.21. The summed E-state index contributed by atoms with van der Waals surface area (Å²) in [4.78, 5) is 0. The van der Waals surface area contributed by atoms with Crippen LogP contribution in [0.3, 0.4) is 0 Å². The van der Waals surface area contributed by atoms with Gasteiger partial charge in [0.1, 0.15) is 0 Å². The SMILES string of the molecule is CC1=C(C)C(C)C([Si](c2ccccc2)(c2cc(C)cc([Si](C)(C)C)c2)c2cc(C)cc([Si](C)(C)C)c2)=C1C. The van der Waals surface area contributed by atoms with Crippen LogP contribution in [0.25, 0.3) is 0 Å². The van der Waals surface area contributed by atoms with Gasteiger partial charge in [-0.3, -0.25) is 0 Å². The van der Waals surface area contributed by atoms with Crippen molar-refractivity contribution in [2.45, 2.75) is 80.8 Å². The third-order valence-corrected chi connectivity index (χ3v) is 18.2. The molecule has 0 radical (unpaired) electrons. The summed E-state index contributed by atoms with van der Waals surface area (Å²) >= 11 is 0. The average Bonchev–Trinajstić information content (AvgIpc) is 3.02. The van der Waals surface area contributed by atoms with E-state index in [4.69, 9.17) is 0 Å². The Bertz CT molecular complexity index is 1360. The average molecular weight is 553 g/mol. The van der Waals surface area contributed by atoms with Gasteiger partial charge in [0.15, 0.2) is 8.07 Å². The van der Waals surface area contributed by atoms with Crippen LogP contribution in [0.5, 0.6) is 0 Å². The summed E-state index contributed by atoms with van der Waals surface area (Å²) in [7, 11) is -5.65. The first kappa shape index (κ1) is 28.8. The van der Waals surface area contributed by atoms with Gasteiger partial charge in [-0.2, -0.15) is 0 Å². The predicted octanol–water partition coefficient (Wildman–Crippen LogP) is 6.71. The normalized spacial score (nSPS) is 17.0. The highest BCUT2D eigenvalue weighted by Crippen LogP contribution is 2.41. The predicted molar refractivity (Wildman–Crippen MR) is 180 cm³/mol. The fourth-order valence-electron chi connectivity index (χ4n) is 6.49. The maximum absolute atomic E-state index is 2.64. The van der Waals surface area contributed by atoms with Gasteiger partial charge in [0.2, 0.25) is 0 Å². The topological polar surface area (TPSA) is 0 Å². The molecule has 3 aromatic carbocycles.